The predicted octanol–water partition coefficient (Wildman–Crippen LogP) is 2.73. The molecule has 27 heavy (non-hydrogen) atoms. The normalized spacial score (nSPS) is 10.9. The number of hydrogen-bond acceptors (Lipinski definition) is 4. The fourth-order valence-electron chi connectivity index (χ4n) is 2.60. The summed E-state index contributed by atoms with van der Waals surface area (Å²) in [6.07, 6.45) is 1.39. The van der Waals surface area contributed by atoms with E-state index < -0.39 is 5.91 Å². The van der Waals surface area contributed by atoms with Crippen molar-refractivity contribution in [1.82, 2.24) is 10.7 Å². The third-order valence-corrected chi connectivity index (χ3v) is 4.05. The molecule has 0 aliphatic heterocycles. The van der Waals surface area contributed by atoms with E-state index in [9.17, 15) is 14.7 Å². The molecule has 0 atom stereocenters. The van der Waals surface area contributed by atoms with Crippen LogP contribution in [0.25, 0.3) is 10.8 Å². The Labute approximate surface area is 156 Å². The van der Waals surface area contributed by atoms with Crippen molar-refractivity contribution in [1.29, 1.82) is 0 Å². The van der Waals surface area contributed by atoms with Crippen molar-refractivity contribution in [3.8, 4) is 5.75 Å². The molecule has 3 aromatic rings. The monoisotopic (exact) mass is 361 g/mol. The van der Waals surface area contributed by atoms with Gasteiger partial charge in [0.2, 0.25) is 0 Å². The molecule has 0 saturated heterocycles. The van der Waals surface area contributed by atoms with Gasteiger partial charge in [-0.15, -0.1) is 0 Å². The van der Waals surface area contributed by atoms with Crippen LogP contribution in [0, 0.1) is 6.92 Å². The topological polar surface area (TPSA) is 90.8 Å². The van der Waals surface area contributed by atoms with Crippen molar-refractivity contribution < 1.29 is 14.7 Å². The van der Waals surface area contributed by atoms with E-state index in [0.717, 1.165) is 16.3 Å². The maximum atomic E-state index is 12.0. The Morgan fingerprint density at radius 1 is 1.04 bits per heavy atom. The van der Waals surface area contributed by atoms with E-state index in [1.165, 1.54) is 6.21 Å². The van der Waals surface area contributed by atoms with Crippen molar-refractivity contribution in [2.75, 3.05) is 6.54 Å². The highest BCUT2D eigenvalue weighted by atomic mass is 16.3. The maximum absolute atomic E-state index is 12.0. The third kappa shape index (κ3) is 4.49. The van der Waals surface area contributed by atoms with Gasteiger partial charge in [-0.1, -0.05) is 48.0 Å². The number of benzene rings is 3. The van der Waals surface area contributed by atoms with Gasteiger partial charge in [-0.2, -0.15) is 5.10 Å². The molecule has 0 heterocycles. The first-order valence-electron chi connectivity index (χ1n) is 8.42. The van der Waals surface area contributed by atoms with Crippen LogP contribution in [-0.2, 0) is 4.79 Å². The minimum Gasteiger partial charge on any atom is -0.507 e. The predicted molar refractivity (Wildman–Crippen MR) is 105 cm³/mol. The summed E-state index contributed by atoms with van der Waals surface area (Å²) in [5.74, 6) is -0.730. The molecule has 6 nitrogen and oxygen atoms in total. The van der Waals surface area contributed by atoms with Gasteiger partial charge in [0.05, 0.1) is 12.8 Å². The molecule has 136 valence electrons. The summed E-state index contributed by atoms with van der Waals surface area (Å²) >= 11 is 0. The standard InChI is InChI=1S/C21H19N3O3/c1-14-6-8-16(9-7-14)21(27)22-13-20(26)24-23-12-18-17-5-3-2-4-15(17)10-11-19(18)25/h2-12,25H,13H2,1H3,(H,22,27)(H,24,26)/b23-12-. The highest BCUT2D eigenvalue weighted by Crippen LogP contribution is 2.25. The van der Waals surface area contributed by atoms with Gasteiger partial charge < -0.3 is 10.4 Å². The van der Waals surface area contributed by atoms with Crippen LogP contribution in [0.3, 0.4) is 0 Å². The lowest BCUT2D eigenvalue weighted by Gasteiger charge is -2.06. The molecule has 3 N–H and O–H groups in total. The van der Waals surface area contributed by atoms with Gasteiger partial charge in [-0.05, 0) is 35.9 Å². The minimum atomic E-state index is -0.466. The van der Waals surface area contributed by atoms with Crippen molar-refractivity contribution in [2.24, 2.45) is 5.10 Å². The summed E-state index contributed by atoms with van der Waals surface area (Å²) in [5, 5.41) is 18.2. The van der Waals surface area contributed by atoms with E-state index in [2.05, 4.69) is 15.8 Å². The number of phenolic OH excluding ortho intramolecular Hbond substituents is 1. The van der Waals surface area contributed by atoms with Gasteiger partial charge in [0, 0.05) is 11.1 Å². The molecular weight excluding hydrogens is 342 g/mol. The van der Waals surface area contributed by atoms with Crippen LogP contribution >= 0.6 is 0 Å². The lowest BCUT2D eigenvalue weighted by atomic mass is 10.0. The Morgan fingerprint density at radius 2 is 1.78 bits per heavy atom. The second-order valence-electron chi connectivity index (χ2n) is 6.06. The number of nitrogens with one attached hydrogen (secondary N) is 2. The second kappa shape index (κ2) is 8.14. The summed E-state index contributed by atoms with van der Waals surface area (Å²) in [6.45, 7) is 1.73. The number of carbonyl (C=O) groups excluding carboxylic acids is 2. The Kier molecular flexibility index (Phi) is 5.47. The number of aryl methyl sites for hydroxylation is 1. The highest BCUT2D eigenvalue weighted by Gasteiger charge is 2.08. The summed E-state index contributed by atoms with van der Waals surface area (Å²) < 4.78 is 0. The smallest absolute Gasteiger partial charge is 0.259 e. The van der Waals surface area contributed by atoms with Crippen LogP contribution < -0.4 is 10.7 Å². The zero-order chi connectivity index (χ0) is 19.2. The summed E-state index contributed by atoms with van der Waals surface area (Å²) in [6, 6.07) is 18.0. The average molecular weight is 361 g/mol. The van der Waals surface area contributed by atoms with Crippen LogP contribution in [0.1, 0.15) is 21.5 Å². The van der Waals surface area contributed by atoms with E-state index in [4.69, 9.17) is 0 Å². The Bertz CT molecular complexity index is 1010. The fourth-order valence-corrected chi connectivity index (χ4v) is 2.60. The zero-order valence-electron chi connectivity index (χ0n) is 14.8. The number of carbonyl (C=O) groups is 2. The number of hydrazone groups is 1. The molecule has 0 bridgehead atoms. The second-order valence-corrected chi connectivity index (χ2v) is 6.06. The Balaban J connectivity index is 1.59. The molecule has 3 aromatic carbocycles. The molecule has 0 saturated carbocycles. The van der Waals surface area contributed by atoms with Crippen molar-refractivity contribution >= 4 is 28.8 Å². The number of nitrogens with zero attached hydrogens (tertiary/aromatic N) is 1. The van der Waals surface area contributed by atoms with Gasteiger partial charge in [-0.3, -0.25) is 9.59 Å². The summed E-state index contributed by atoms with van der Waals surface area (Å²) in [5.41, 5.74) is 4.39. The molecule has 0 radical (unpaired) electrons. The quantitative estimate of drug-likeness (QED) is 0.482. The maximum Gasteiger partial charge on any atom is 0.259 e. The molecule has 0 aliphatic rings. The number of aromatic hydroxyl groups is 1. The van der Waals surface area contributed by atoms with E-state index in [0.29, 0.717) is 11.1 Å². The van der Waals surface area contributed by atoms with Gasteiger partial charge in [-0.25, -0.2) is 5.43 Å². The van der Waals surface area contributed by atoms with Crippen LogP contribution in [0.4, 0.5) is 0 Å². The van der Waals surface area contributed by atoms with Gasteiger partial charge in [0.1, 0.15) is 5.75 Å². The number of fused-ring (bicyclic) bond motifs is 1. The van der Waals surface area contributed by atoms with Crippen molar-refractivity contribution in [3.05, 3.63) is 77.4 Å². The summed E-state index contributed by atoms with van der Waals surface area (Å²) in [7, 11) is 0. The molecule has 2 amide bonds. The first-order chi connectivity index (χ1) is 13.0. The molecule has 0 spiro atoms. The minimum absolute atomic E-state index is 0.0689. The first-order valence-corrected chi connectivity index (χ1v) is 8.42. The summed E-state index contributed by atoms with van der Waals surface area (Å²) in [4.78, 5) is 23.9. The van der Waals surface area contributed by atoms with Crippen molar-refractivity contribution in [2.45, 2.75) is 6.92 Å². The van der Waals surface area contributed by atoms with Gasteiger partial charge in [0.15, 0.2) is 0 Å². The van der Waals surface area contributed by atoms with Crippen molar-refractivity contribution in [3.63, 3.8) is 0 Å². The Hall–Kier alpha value is -3.67. The van der Waals surface area contributed by atoms with E-state index in [1.807, 2.05) is 43.3 Å². The largest absolute Gasteiger partial charge is 0.507 e. The molecule has 3 rings (SSSR count). The van der Waals surface area contributed by atoms with E-state index in [-0.39, 0.29) is 18.2 Å². The fraction of sp³-hybridized carbons (Fsp3) is 0.0952. The molecular formula is C21H19N3O3. The molecule has 0 unspecified atom stereocenters. The zero-order valence-corrected chi connectivity index (χ0v) is 14.8. The number of phenols is 1. The van der Waals surface area contributed by atoms with Crippen LogP contribution in [0.5, 0.6) is 5.75 Å². The lowest BCUT2D eigenvalue weighted by Crippen LogP contribution is -2.34. The third-order valence-electron chi connectivity index (χ3n) is 4.05. The highest BCUT2D eigenvalue weighted by molar-refractivity contribution is 6.02. The van der Waals surface area contributed by atoms with Crippen LogP contribution in [0.2, 0.25) is 0 Å². The lowest BCUT2D eigenvalue weighted by molar-refractivity contribution is -0.120. The SMILES string of the molecule is Cc1ccc(C(=O)NCC(=O)N/N=C\c2c(O)ccc3ccccc23)cc1. The van der Waals surface area contributed by atoms with Gasteiger partial charge >= 0.3 is 0 Å². The molecule has 0 aromatic heterocycles. The van der Waals surface area contributed by atoms with E-state index >= 15 is 0 Å². The molecule has 6 heteroatoms. The Morgan fingerprint density at radius 3 is 2.56 bits per heavy atom. The number of rotatable bonds is 5. The number of hydrogen-bond donors (Lipinski definition) is 3. The first kappa shape index (κ1) is 18.1. The van der Waals surface area contributed by atoms with Gasteiger partial charge in [0.25, 0.3) is 11.8 Å². The van der Waals surface area contributed by atoms with E-state index in [1.54, 1.807) is 24.3 Å². The average Bonchev–Trinajstić information content (AvgIpc) is 2.68. The number of amides is 2. The molecule has 0 fully saturated rings. The van der Waals surface area contributed by atoms with Crippen LogP contribution in [-0.4, -0.2) is 29.7 Å². The molecule has 0 aliphatic carbocycles. The van der Waals surface area contributed by atoms with Crippen LogP contribution in [0.15, 0.2) is 65.8 Å².